The molecule has 0 aliphatic carbocycles. The van der Waals surface area contributed by atoms with Crippen LogP contribution in [-0.4, -0.2) is 15.0 Å². The summed E-state index contributed by atoms with van der Waals surface area (Å²) in [5, 5.41) is 0. The molecule has 23 heavy (non-hydrogen) atoms. The molecule has 2 aromatic carbocycles. The number of hydrogen-bond acceptors (Lipinski definition) is 3. The molecule has 0 radical (unpaired) electrons. The van der Waals surface area contributed by atoms with Crippen LogP contribution in [0, 0.1) is 19.7 Å². The van der Waals surface area contributed by atoms with Crippen molar-refractivity contribution in [3.63, 3.8) is 0 Å². The fraction of sp³-hybridized carbons (Fsp3) is 0.250. The predicted molar refractivity (Wildman–Crippen MR) is 92.9 cm³/mol. The van der Waals surface area contributed by atoms with Crippen LogP contribution in [0.3, 0.4) is 0 Å². The van der Waals surface area contributed by atoms with Crippen molar-refractivity contribution in [2.45, 2.75) is 25.2 Å². The molecular weight excluding hydrogens is 339 g/mol. The average Bonchev–Trinajstić information content (AvgIpc) is 2.46. The highest BCUT2D eigenvalue weighted by Gasteiger charge is 2.16. The van der Waals surface area contributed by atoms with Gasteiger partial charge in [-0.2, -0.15) is 0 Å². The molecule has 0 bridgehead atoms. The molecule has 126 valence electrons. The Morgan fingerprint density at radius 1 is 1.09 bits per heavy atom. The van der Waals surface area contributed by atoms with E-state index in [4.69, 9.17) is 5.73 Å². The van der Waals surface area contributed by atoms with Gasteiger partial charge in [-0.25, -0.2) is 17.5 Å². The molecule has 4 nitrogen and oxygen atoms in total. The number of aryl methyl sites for hydroxylation is 2. The number of nitrogens with one attached hydrogen (secondary N) is 1. The minimum Gasteiger partial charge on any atom is -0.399 e. The van der Waals surface area contributed by atoms with Crippen LogP contribution >= 0.6 is 12.4 Å². The van der Waals surface area contributed by atoms with Crippen molar-refractivity contribution < 1.29 is 12.8 Å². The van der Waals surface area contributed by atoms with Crippen LogP contribution in [0.4, 0.5) is 10.1 Å². The lowest BCUT2D eigenvalue weighted by Gasteiger charge is -2.10. The highest BCUT2D eigenvalue weighted by molar-refractivity contribution is 7.89. The smallest absolute Gasteiger partial charge is 0.240 e. The van der Waals surface area contributed by atoms with Gasteiger partial charge in [-0.05, 0) is 61.2 Å². The summed E-state index contributed by atoms with van der Waals surface area (Å²) in [5.74, 6) is -0.374. The van der Waals surface area contributed by atoms with Gasteiger partial charge in [0.25, 0.3) is 0 Å². The third-order valence-corrected chi connectivity index (χ3v) is 4.85. The molecule has 2 aromatic rings. The first-order chi connectivity index (χ1) is 10.3. The molecule has 0 amide bonds. The van der Waals surface area contributed by atoms with E-state index in [0.29, 0.717) is 23.2 Å². The molecule has 0 spiro atoms. The maximum absolute atomic E-state index is 13.6. The van der Waals surface area contributed by atoms with Gasteiger partial charge < -0.3 is 5.73 Å². The number of hydrogen-bond donors (Lipinski definition) is 2. The number of rotatable bonds is 5. The quantitative estimate of drug-likeness (QED) is 0.807. The molecule has 0 atom stereocenters. The molecule has 0 unspecified atom stereocenters. The van der Waals surface area contributed by atoms with Gasteiger partial charge in [-0.3, -0.25) is 0 Å². The lowest BCUT2D eigenvalue weighted by atomic mass is 10.1. The van der Waals surface area contributed by atoms with E-state index >= 15 is 0 Å². The zero-order chi connectivity index (χ0) is 16.3. The van der Waals surface area contributed by atoms with Gasteiger partial charge in [-0.1, -0.05) is 12.1 Å². The molecular formula is C16H20ClFN2O2S. The Labute approximate surface area is 142 Å². The molecule has 2 rings (SSSR count). The van der Waals surface area contributed by atoms with Crippen molar-refractivity contribution in [2.75, 3.05) is 12.3 Å². The van der Waals surface area contributed by atoms with Crippen LogP contribution in [0.2, 0.25) is 0 Å². The fourth-order valence-corrected chi connectivity index (χ4v) is 3.36. The monoisotopic (exact) mass is 358 g/mol. The van der Waals surface area contributed by atoms with Crippen molar-refractivity contribution in [1.82, 2.24) is 4.72 Å². The second kappa shape index (κ2) is 7.77. The normalized spacial score (nSPS) is 11.1. The lowest BCUT2D eigenvalue weighted by molar-refractivity contribution is 0.579. The average molecular weight is 359 g/mol. The van der Waals surface area contributed by atoms with Gasteiger partial charge >= 0.3 is 0 Å². The van der Waals surface area contributed by atoms with E-state index in [-0.39, 0.29) is 29.7 Å². The number of nitrogens with two attached hydrogens (primary N) is 1. The van der Waals surface area contributed by atoms with Crippen LogP contribution in [0.5, 0.6) is 0 Å². The molecule has 7 heteroatoms. The van der Waals surface area contributed by atoms with Crippen molar-refractivity contribution >= 4 is 28.1 Å². The topological polar surface area (TPSA) is 72.2 Å². The van der Waals surface area contributed by atoms with E-state index in [1.54, 1.807) is 26.0 Å². The third kappa shape index (κ3) is 4.92. The Hall–Kier alpha value is -1.63. The molecule has 0 aliphatic rings. The van der Waals surface area contributed by atoms with E-state index in [1.807, 2.05) is 12.1 Å². The number of anilines is 1. The van der Waals surface area contributed by atoms with Gasteiger partial charge in [-0.15, -0.1) is 12.4 Å². The molecule has 0 heterocycles. The van der Waals surface area contributed by atoms with E-state index in [9.17, 15) is 12.8 Å². The van der Waals surface area contributed by atoms with Crippen molar-refractivity contribution in [3.8, 4) is 0 Å². The van der Waals surface area contributed by atoms with Crippen molar-refractivity contribution in [3.05, 3.63) is 58.9 Å². The highest BCUT2D eigenvalue weighted by atomic mass is 35.5. The van der Waals surface area contributed by atoms with E-state index in [1.165, 1.54) is 12.1 Å². The first kappa shape index (κ1) is 19.4. The SMILES string of the molecule is Cc1cc(S(=O)(=O)NCCc2ccc(N)cc2)cc(C)c1F.Cl. The van der Waals surface area contributed by atoms with Crippen molar-refractivity contribution in [2.24, 2.45) is 0 Å². The molecule has 0 aromatic heterocycles. The first-order valence-electron chi connectivity index (χ1n) is 6.90. The minimum atomic E-state index is -3.64. The summed E-state index contributed by atoms with van der Waals surface area (Å²) in [6.45, 7) is 3.37. The molecule has 0 saturated heterocycles. The second-order valence-electron chi connectivity index (χ2n) is 5.26. The minimum absolute atomic E-state index is 0. The van der Waals surface area contributed by atoms with Gasteiger partial charge in [0.15, 0.2) is 0 Å². The number of halogens is 2. The zero-order valence-corrected chi connectivity index (χ0v) is 14.6. The third-order valence-electron chi connectivity index (χ3n) is 3.41. The molecule has 3 N–H and O–H groups in total. The number of sulfonamides is 1. The summed E-state index contributed by atoms with van der Waals surface area (Å²) >= 11 is 0. The van der Waals surface area contributed by atoms with Crippen LogP contribution in [0.25, 0.3) is 0 Å². The largest absolute Gasteiger partial charge is 0.399 e. The fourth-order valence-electron chi connectivity index (χ4n) is 2.16. The standard InChI is InChI=1S/C16H19FN2O2S.ClH/c1-11-9-15(10-12(2)16(11)17)22(20,21)19-8-7-13-3-5-14(18)6-4-13;/h3-6,9-10,19H,7-8,18H2,1-2H3;1H. The van der Waals surface area contributed by atoms with Crippen molar-refractivity contribution in [1.29, 1.82) is 0 Å². The van der Waals surface area contributed by atoms with Crippen LogP contribution < -0.4 is 10.5 Å². The Morgan fingerprint density at radius 3 is 2.13 bits per heavy atom. The number of nitrogen functional groups attached to an aromatic ring is 1. The summed E-state index contributed by atoms with van der Waals surface area (Å²) < 4.78 is 40.6. The van der Waals surface area contributed by atoms with Gasteiger partial charge in [0.2, 0.25) is 10.0 Å². The summed E-state index contributed by atoms with van der Waals surface area (Å²) in [4.78, 5) is 0.0845. The summed E-state index contributed by atoms with van der Waals surface area (Å²) in [5.41, 5.74) is 7.89. The lowest BCUT2D eigenvalue weighted by Crippen LogP contribution is -2.26. The molecule has 0 fully saturated rings. The van der Waals surface area contributed by atoms with E-state index in [0.717, 1.165) is 5.56 Å². The second-order valence-corrected chi connectivity index (χ2v) is 7.03. The first-order valence-corrected chi connectivity index (χ1v) is 8.39. The Bertz CT molecular complexity index is 754. The summed E-state index contributed by atoms with van der Waals surface area (Å²) in [6.07, 6.45) is 0.554. The summed E-state index contributed by atoms with van der Waals surface area (Å²) in [6, 6.07) is 9.94. The van der Waals surface area contributed by atoms with Gasteiger partial charge in [0.05, 0.1) is 4.90 Å². The van der Waals surface area contributed by atoms with Crippen LogP contribution in [0.1, 0.15) is 16.7 Å². The maximum Gasteiger partial charge on any atom is 0.240 e. The highest BCUT2D eigenvalue weighted by Crippen LogP contribution is 2.18. The van der Waals surface area contributed by atoms with Gasteiger partial charge in [0.1, 0.15) is 5.82 Å². The van der Waals surface area contributed by atoms with Crippen LogP contribution in [-0.2, 0) is 16.4 Å². The molecule has 0 aliphatic heterocycles. The molecule has 0 saturated carbocycles. The Morgan fingerprint density at radius 2 is 1.61 bits per heavy atom. The van der Waals surface area contributed by atoms with E-state index in [2.05, 4.69) is 4.72 Å². The Kier molecular flexibility index (Phi) is 6.56. The van der Waals surface area contributed by atoms with Gasteiger partial charge in [0, 0.05) is 12.2 Å². The predicted octanol–water partition coefficient (Wildman–Crippen LogP) is 2.97. The van der Waals surface area contributed by atoms with E-state index < -0.39 is 10.0 Å². The number of benzene rings is 2. The zero-order valence-electron chi connectivity index (χ0n) is 13.0. The maximum atomic E-state index is 13.6. The Balaban J connectivity index is 0.00000264. The van der Waals surface area contributed by atoms with Crippen LogP contribution in [0.15, 0.2) is 41.3 Å². The summed E-state index contributed by atoms with van der Waals surface area (Å²) in [7, 11) is -3.64.